The Labute approximate surface area is 176 Å². The first-order valence-electron chi connectivity index (χ1n) is 9.16. The van der Waals surface area contributed by atoms with E-state index in [1.165, 1.54) is 16.2 Å². The Morgan fingerprint density at radius 1 is 1.21 bits per heavy atom. The number of halogens is 1. The van der Waals surface area contributed by atoms with Crippen LogP contribution in [0, 0.1) is 0 Å². The molecule has 0 radical (unpaired) electrons. The van der Waals surface area contributed by atoms with Crippen molar-refractivity contribution in [3.63, 3.8) is 0 Å². The third-order valence-electron chi connectivity index (χ3n) is 4.99. The Balaban J connectivity index is 1.68. The number of hydrogen-bond donors (Lipinski definition) is 2. The van der Waals surface area contributed by atoms with Gasteiger partial charge in [0.2, 0.25) is 11.9 Å². The van der Waals surface area contributed by atoms with Crippen LogP contribution in [0.2, 0.25) is 4.34 Å². The number of anilines is 1. The lowest BCUT2D eigenvalue weighted by atomic mass is 10.2. The fourth-order valence-electron chi connectivity index (χ4n) is 3.58. The second-order valence-corrected chi connectivity index (χ2v) is 8.60. The highest BCUT2D eigenvalue weighted by Gasteiger charge is 2.39. The quantitative estimate of drug-likeness (QED) is 0.626. The monoisotopic (exact) mass is 430 g/mol. The second-order valence-electron chi connectivity index (χ2n) is 6.88. The molecule has 1 aromatic carbocycles. The Bertz CT molecular complexity index is 1050. The van der Waals surface area contributed by atoms with E-state index in [2.05, 4.69) is 10.3 Å². The van der Waals surface area contributed by atoms with Crippen molar-refractivity contribution in [1.82, 2.24) is 14.5 Å². The summed E-state index contributed by atoms with van der Waals surface area (Å²) in [7, 11) is 0. The summed E-state index contributed by atoms with van der Waals surface area (Å²) in [5.74, 6) is -0.0408. The number of carboxylic acid groups (broad SMARTS) is 1. The van der Waals surface area contributed by atoms with Crippen molar-refractivity contribution < 1.29 is 14.7 Å². The topological polar surface area (TPSA) is 87.5 Å². The predicted molar refractivity (Wildman–Crippen MR) is 113 cm³/mol. The summed E-state index contributed by atoms with van der Waals surface area (Å²) in [6.45, 7) is 1.81. The van der Waals surface area contributed by atoms with Crippen LogP contribution in [0.5, 0.6) is 0 Å². The molecular weight excluding hydrogens is 412 g/mol. The highest BCUT2D eigenvalue weighted by molar-refractivity contribution is 7.19. The molecule has 3 aromatic rings. The van der Waals surface area contributed by atoms with Crippen molar-refractivity contribution >= 4 is 40.9 Å². The SMILES string of the molecule is CC1CCC(C(=O)Nc2nc(-c3ccc(Cl)s3)cn2-c2ccccc2)N1C(=O)O. The number of imidazole rings is 1. The first kappa shape index (κ1) is 19.5. The van der Waals surface area contributed by atoms with Gasteiger partial charge < -0.3 is 5.11 Å². The number of likely N-dealkylation sites (tertiary alicyclic amines) is 1. The lowest BCUT2D eigenvalue weighted by Gasteiger charge is -2.24. The van der Waals surface area contributed by atoms with E-state index in [9.17, 15) is 14.7 Å². The molecule has 2 amide bonds. The standard InChI is InChI=1S/C20H19ClN4O3S/c1-12-7-8-15(25(12)20(27)28)18(26)23-19-22-14(16-9-10-17(21)29-16)11-24(19)13-5-3-2-4-6-13/h2-6,9-12,15H,7-8H2,1H3,(H,27,28)(H,22,23,26). The summed E-state index contributed by atoms with van der Waals surface area (Å²) in [4.78, 5) is 31.2. The largest absolute Gasteiger partial charge is 0.465 e. The van der Waals surface area contributed by atoms with Crippen LogP contribution in [0.15, 0.2) is 48.7 Å². The van der Waals surface area contributed by atoms with E-state index in [0.29, 0.717) is 28.8 Å². The molecule has 0 bridgehead atoms. The molecule has 2 atom stereocenters. The Morgan fingerprint density at radius 3 is 2.62 bits per heavy atom. The van der Waals surface area contributed by atoms with Gasteiger partial charge in [0.1, 0.15) is 11.7 Å². The van der Waals surface area contributed by atoms with Crippen LogP contribution in [-0.4, -0.2) is 43.6 Å². The molecule has 1 saturated heterocycles. The van der Waals surface area contributed by atoms with Crippen LogP contribution >= 0.6 is 22.9 Å². The third-order valence-corrected chi connectivity index (χ3v) is 6.25. The van der Waals surface area contributed by atoms with Gasteiger partial charge in [-0.1, -0.05) is 29.8 Å². The zero-order valence-electron chi connectivity index (χ0n) is 15.6. The van der Waals surface area contributed by atoms with Gasteiger partial charge in [0.05, 0.1) is 9.21 Å². The average molecular weight is 431 g/mol. The van der Waals surface area contributed by atoms with E-state index in [1.807, 2.05) is 49.5 Å². The van der Waals surface area contributed by atoms with Crippen molar-refractivity contribution in [3.8, 4) is 16.3 Å². The molecule has 0 saturated carbocycles. The number of nitrogens with zero attached hydrogens (tertiary/aromatic N) is 3. The molecule has 0 aliphatic carbocycles. The number of hydrogen-bond acceptors (Lipinski definition) is 4. The third kappa shape index (κ3) is 3.86. The zero-order valence-corrected chi connectivity index (χ0v) is 17.2. The van der Waals surface area contributed by atoms with Crippen molar-refractivity contribution in [2.24, 2.45) is 0 Å². The normalized spacial score (nSPS) is 18.8. The number of carbonyl (C=O) groups excluding carboxylic acids is 1. The zero-order chi connectivity index (χ0) is 20.5. The van der Waals surface area contributed by atoms with Crippen LogP contribution in [0.4, 0.5) is 10.7 Å². The van der Waals surface area contributed by atoms with E-state index in [1.54, 1.807) is 10.6 Å². The van der Waals surface area contributed by atoms with Gasteiger partial charge in [0.15, 0.2) is 0 Å². The molecule has 1 fully saturated rings. The maximum Gasteiger partial charge on any atom is 0.408 e. The van der Waals surface area contributed by atoms with Gasteiger partial charge in [-0.15, -0.1) is 11.3 Å². The molecule has 29 heavy (non-hydrogen) atoms. The van der Waals surface area contributed by atoms with E-state index in [-0.39, 0.29) is 11.9 Å². The van der Waals surface area contributed by atoms with Crippen molar-refractivity contribution in [1.29, 1.82) is 0 Å². The minimum absolute atomic E-state index is 0.194. The van der Waals surface area contributed by atoms with E-state index >= 15 is 0 Å². The Kier molecular flexibility index (Phi) is 5.29. The van der Waals surface area contributed by atoms with Gasteiger partial charge in [0, 0.05) is 17.9 Å². The fourth-order valence-corrected chi connectivity index (χ4v) is 4.58. The fraction of sp³-hybridized carbons (Fsp3) is 0.250. The van der Waals surface area contributed by atoms with Gasteiger partial charge >= 0.3 is 6.09 Å². The molecule has 0 spiro atoms. The number of para-hydroxylation sites is 1. The lowest BCUT2D eigenvalue weighted by molar-refractivity contribution is -0.120. The van der Waals surface area contributed by atoms with Crippen LogP contribution in [0.3, 0.4) is 0 Å². The minimum Gasteiger partial charge on any atom is -0.465 e. The molecule has 2 aromatic heterocycles. The number of amides is 2. The molecule has 9 heteroatoms. The maximum atomic E-state index is 12.9. The number of nitrogens with one attached hydrogen (secondary N) is 1. The lowest BCUT2D eigenvalue weighted by Crippen LogP contribution is -2.45. The number of thiophene rings is 1. The number of aromatic nitrogens is 2. The number of rotatable bonds is 4. The molecule has 7 nitrogen and oxygen atoms in total. The van der Waals surface area contributed by atoms with Gasteiger partial charge in [-0.2, -0.15) is 0 Å². The smallest absolute Gasteiger partial charge is 0.408 e. The number of benzene rings is 1. The van der Waals surface area contributed by atoms with Crippen LogP contribution in [0.1, 0.15) is 19.8 Å². The molecule has 4 rings (SSSR count). The summed E-state index contributed by atoms with van der Waals surface area (Å²) in [5, 5.41) is 12.3. The van der Waals surface area contributed by atoms with Crippen LogP contribution in [-0.2, 0) is 4.79 Å². The second kappa shape index (κ2) is 7.88. The molecule has 2 unspecified atom stereocenters. The van der Waals surface area contributed by atoms with Crippen molar-refractivity contribution in [3.05, 3.63) is 53.0 Å². The van der Waals surface area contributed by atoms with Crippen molar-refractivity contribution in [2.75, 3.05) is 5.32 Å². The van der Waals surface area contributed by atoms with Crippen molar-refractivity contribution in [2.45, 2.75) is 31.8 Å². The number of carbonyl (C=O) groups is 2. The average Bonchev–Trinajstić information content (AvgIpc) is 3.40. The minimum atomic E-state index is -1.09. The van der Waals surface area contributed by atoms with Gasteiger partial charge in [-0.25, -0.2) is 9.78 Å². The molecule has 150 valence electrons. The predicted octanol–water partition coefficient (Wildman–Crippen LogP) is 4.72. The Morgan fingerprint density at radius 2 is 1.97 bits per heavy atom. The molecule has 3 heterocycles. The molecule has 2 N–H and O–H groups in total. The summed E-state index contributed by atoms with van der Waals surface area (Å²) >= 11 is 7.45. The van der Waals surface area contributed by atoms with E-state index in [0.717, 1.165) is 10.6 Å². The summed E-state index contributed by atoms with van der Waals surface area (Å²) in [6.07, 6.45) is 1.88. The summed E-state index contributed by atoms with van der Waals surface area (Å²) < 4.78 is 2.43. The van der Waals surface area contributed by atoms with Gasteiger partial charge in [-0.3, -0.25) is 19.6 Å². The maximum absolute atomic E-state index is 12.9. The summed E-state index contributed by atoms with van der Waals surface area (Å²) in [5.41, 5.74) is 1.51. The first-order valence-corrected chi connectivity index (χ1v) is 10.4. The first-order chi connectivity index (χ1) is 13.9. The summed E-state index contributed by atoms with van der Waals surface area (Å²) in [6, 6.07) is 12.3. The van der Waals surface area contributed by atoms with Gasteiger partial charge in [-0.05, 0) is 44.0 Å². The van der Waals surface area contributed by atoms with E-state index < -0.39 is 12.1 Å². The molecular formula is C20H19ClN4O3S. The van der Waals surface area contributed by atoms with E-state index in [4.69, 9.17) is 11.6 Å². The molecule has 1 aliphatic heterocycles. The van der Waals surface area contributed by atoms with Crippen LogP contribution < -0.4 is 5.32 Å². The molecule has 1 aliphatic rings. The Hall–Kier alpha value is -2.84. The van der Waals surface area contributed by atoms with Gasteiger partial charge in [0.25, 0.3) is 0 Å². The highest BCUT2D eigenvalue weighted by Crippen LogP contribution is 2.32. The van der Waals surface area contributed by atoms with Crippen LogP contribution in [0.25, 0.3) is 16.3 Å². The highest BCUT2D eigenvalue weighted by atomic mass is 35.5.